The first-order valence-corrected chi connectivity index (χ1v) is 4.79. The molecule has 1 aromatic heterocycles. The number of nitrogens with zero attached hydrogens (tertiary/aromatic N) is 2. The minimum Gasteiger partial charge on any atom is -0.481 e. The van der Waals surface area contributed by atoms with Gasteiger partial charge in [0.05, 0.1) is 12.1 Å². The summed E-state index contributed by atoms with van der Waals surface area (Å²) in [4.78, 5) is 10.4. The molecule has 1 N–H and O–H groups in total. The van der Waals surface area contributed by atoms with Crippen LogP contribution in [0, 0.1) is 6.92 Å². The van der Waals surface area contributed by atoms with Crippen molar-refractivity contribution >= 4 is 5.97 Å². The Balaban J connectivity index is 2.85. The van der Waals surface area contributed by atoms with Gasteiger partial charge in [-0.15, -0.1) is 0 Å². The van der Waals surface area contributed by atoms with E-state index in [0.717, 1.165) is 23.4 Å². The Morgan fingerprint density at radius 3 is 2.64 bits per heavy atom. The van der Waals surface area contributed by atoms with Gasteiger partial charge in [0, 0.05) is 19.2 Å². The average Bonchev–Trinajstić information content (AvgIpc) is 2.39. The summed E-state index contributed by atoms with van der Waals surface area (Å²) in [5.41, 5.74) is 3.23. The lowest BCUT2D eigenvalue weighted by molar-refractivity contribution is -0.136. The summed E-state index contributed by atoms with van der Waals surface area (Å²) < 4.78 is 1.79. The minimum absolute atomic E-state index is 0.170. The molecule has 0 spiro atoms. The molecule has 0 radical (unpaired) electrons. The van der Waals surface area contributed by atoms with E-state index in [1.807, 2.05) is 14.0 Å². The third kappa shape index (κ3) is 2.13. The molecule has 0 fully saturated rings. The van der Waals surface area contributed by atoms with Gasteiger partial charge in [-0.3, -0.25) is 9.48 Å². The van der Waals surface area contributed by atoms with Gasteiger partial charge in [0.2, 0.25) is 0 Å². The van der Waals surface area contributed by atoms with Gasteiger partial charge in [-0.2, -0.15) is 5.10 Å². The molecule has 0 aromatic carbocycles. The highest BCUT2D eigenvalue weighted by atomic mass is 16.4. The number of carboxylic acids is 1. The smallest absolute Gasteiger partial charge is 0.303 e. The third-order valence-electron chi connectivity index (χ3n) is 2.44. The van der Waals surface area contributed by atoms with Gasteiger partial charge >= 0.3 is 5.97 Å². The Morgan fingerprint density at radius 1 is 1.57 bits per heavy atom. The highest BCUT2D eigenvalue weighted by Gasteiger charge is 2.11. The SMILES string of the molecule is CCc1nn(C)c(CCC(=O)O)c1C. The third-order valence-corrected chi connectivity index (χ3v) is 2.44. The highest BCUT2D eigenvalue weighted by Crippen LogP contribution is 2.14. The summed E-state index contributed by atoms with van der Waals surface area (Å²) >= 11 is 0. The van der Waals surface area contributed by atoms with Crippen LogP contribution in [-0.4, -0.2) is 20.9 Å². The van der Waals surface area contributed by atoms with E-state index in [4.69, 9.17) is 5.11 Å². The van der Waals surface area contributed by atoms with E-state index >= 15 is 0 Å². The fraction of sp³-hybridized carbons (Fsp3) is 0.600. The van der Waals surface area contributed by atoms with Crippen LogP contribution in [0.4, 0.5) is 0 Å². The molecule has 0 atom stereocenters. The molecule has 0 aliphatic carbocycles. The first-order valence-electron chi connectivity index (χ1n) is 4.79. The number of aromatic nitrogens is 2. The Bertz CT molecular complexity index is 342. The Labute approximate surface area is 83.5 Å². The summed E-state index contributed by atoms with van der Waals surface area (Å²) in [6.45, 7) is 4.05. The molecule has 0 unspecified atom stereocenters. The molecule has 1 aromatic rings. The van der Waals surface area contributed by atoms with Crippen LogP contribution in [0.3, 0.4) is 0 Å². The number of hydrogen-bond acceptors (Lipinski definition) is 2. The Kier molecular flexibility index (Phi) is 3.28. The van der Waals surface area contributed by atoms with Crippen molar-refractivity contribution in [3.8, 4) is 0 Å². The molecule has 4 nitrogen and oxygen atoms in total. The van der Waals surface area contributed by atoms with Crippen molar-refractivity contribution in [1.29, 1.82) is 0 Å². The summed E-state index contributed by atoms with van der Waals surface area (Å²) in [5.74, 6) is -0.761. The quantitative estimate of drug-likeness (QED) is 0.789. The van der Waals surface area contributed by atoms with Crippen LogP contribution in [-0.2, 0) is 24.7 Å². The molecule has 0 saturated heterocycles. The van der Waals surface area contributed by atoms with E-state index in [1.165, 1.54) is 0 Å². The number of carboxylic acid groups (broad SMARTS) is 1. The second-order valence-corrected chi connectivity index (χ2v) is 3.39. The number of carbonyl (C=O) groups is 1. The maximum atomic E-state index is 10.4. The fourth-order valence-corrected chi connectivity index (χ4v) is 1.64. The van der Waals surface area contributed by atoms with Gasteiger partial charge in [0.15, 0.2) is 0 Å². The molecule has 14 heavy (non-hydrogen) atoms. The van der Waals surface area contributed by atoms with E-state index in [1.54, 1.807) is 4.68 Å². The molecular formula is C10H16N2O2. The monoisotopic (exact) mass is 196 g/mol. The van der Waals surface area contributed by atoms with Crippen molar-refractivity contribution in [3.05, 3.63) is 17.0 Å². The van der Waals surface area contributed by atoms with Crippen molar-refractivity contribution < 1.29 is 9.90 Å². The molecule has 0 saturated carbocycles. The highest BCUT2D eigenvalue weighted by molar-refractivity contribution is 5.67. The van der Waals surface area contributed by atoms with Crippen LogP contribution in [0.15, 0.2) is 0 Å². The average molecular weight is 196 g/mol. The van der Waals surface area contributed by atoms with Gasteiger partial charge in [-0.05, 0) is 18.9 Å². The van der Waals surface area contributed by atoms with E-state index in [9.17, 15) is 4.79 Å². The second kappa shape index (κ2) is 4.26. The van der Waals surface area contributed by atoms with Gasteiger partial charge in [0.25, 0.3) is 0 Å². The Hall–Kier alpha value is -1.32. The molecule has 1 rings (SSSR count). The van der Waals surface area contributed by atoms with Gasteiger partial charge in [0.1, 0.15) is 0 Å². The lowest BCUT2D eigenvalue weighted by atomic mass is 10.1. The van der Waals surface area contributed by atoms with Gasteiger partial charge < -0.3 is 5.11 Å². The van der Waals surface area contributed by atoms with E-state index in [0.29, 0.717) is 6.42 Å². The first kappa shape index (κ1) is 10.8. The van der Waals surface area contributed by atoms with Crippen LogP contribution >= 0.6 is 0 Å². The van der Waals surface area contributed by atoms with Crippen LogP contribution in [0.2, 0.25) is 0 Å². The van der Waals surface area contributed by atoms with Crippen LogP contribution in [0.5, 0.6) is 0 Å². The molecule has 0 aliphatic heterocycles. The van der Waals surface area contributed by atoms with Crippen LogP contribution in [0.25, 0.3) is 0 Å². The van der Waals surface area contributed by atoms with E-state index in [2.05, 4.69) is 12.0 Å². The Morgan fingerprint density at radius 2 is 2.21 bits per heavy atom. The molecule has 78 valence electrons. The molecular weight excluding hydrogens is 180 g/mol. The summed E-state index contributed by atoms with van der Waals surface area (Å²) in [6, 6.07) is 0. The van der Waals surface area contributed by atoms with E-state index in [-0.39, 0.29) is 6.42 Å². The number of hydrogen-bond donors (Lipinski definition) is 1. The van der Waals surface area contributed by atoms with Crippen LogP contribution in [0.1, 0.15) is 30.3 Å². The predicted molar refractivity (Wildman–Crippen MR) is 53.3 cm³/mol. The molecule has 4 heteroatoms. The van der Waals surface area contributed by atoms with Gasteiger partial charge in [-0.25, -0.2) is 0 Å². The minimum atomic E-state index is -0.761. The molecule has 1 heterocycles. The zero-order valence-electron chi connectivity index (χ0n) is 8.87. The summed E-state index contributed by atoms with van der Waals surface area (Å²) in [7, 11) is 1.86. The second-order valence-electron chi connectivity index (χ2n) is 3.39. The first-order chi connectivity index (χ1) is 6.56. The van der Waals surface area contributed by atoms with Crippen molar-refractivity contribution in [1.82, 2.24) is 9.78 Å². The zero-order valence-corrected chi connectivity index (χ0v) is 8.87. The summed E-state index contributed by atoms with van der Waals surface area (Å²) in [5, 5.41) is 12.9. The lowest BCUT2D eigenvalue weighted by Crippen LogP contribution is -2.03. The molecule has 0 bridgehead atoms. The standard InChI is InChI=1S/C10H16N2O2/c1-4-8-7(2)9(12(3)11-8)5-6-10(13)14/h4-6H2,1-3H3,(H,13,14). The van der Waals surface area contributed by atoms with Gasteiger partial charge in [-0.1, -0.05) is 6.92 Å². The van der Waals surface area contributed by atoms with Crippen LogP contribution < -0.4 is 0 Å². The number of aryl methyl sites for hydroxylation is 2. The maximum absolute atomic E-state index is 10.4. The van der Waals surface area contributed by atoms with Crippen molar-refractivity contribution in [2.75, 3.05) is 0 Å². The topological polar surface area (TPSA) is 55.1 Å². The largest absolute Gasteiger partial charge is 0.481 e. The number of rotatable bonds is 4. The lowest BCUT2D eigenvalue weighted by Gasteiger charge is -2.00. The predicted octanol–water partition coefficient (Wildman–Crippen LogP) is 1.31. The fourth-order valence-electron chi connectivity index (χ4n) is 1.64. The van der Waals surface area contributed by atoms with E-state index < -0.39 is 5.97 Å². The zero-order chi connectivity index (χ0) is 10.7. The maximum Gasteiger partial charge on any atom is 0.303 e. The molecule has 0 amide bonds. The van der Waals surface area contributed by atoms with Crippen molar-refractivity contribution in [2.45, 2.75) is 33.1 Å². The summed E-state index contributed by atoms with van der Waals surface area (Å²) in [6.07, 6.45) is 1.63. The van der Waals surface area contributed by atoms with Crippen molar-refractivity contribution in [3.63, 3.8) is 0 Å². The normalized spacial score (nSPS) is 10.5. The molecule has 0 aliphatic rings. The number of aliphatic carboxylic acids is 1. The van der Waals surface area contributed by atoms with Crippen molar-refractivity contribution in [2.24, 2.45) is 7.05 Å².